The van der Waals surface area contributed by atoms with Gasteiger partial charge in [0.1, 0.15) is 5.75 Å². The molecule has 0 bridgehead atoms. The number of ether oxygens (including phenoxy) is 1. The van der Waals surface area contributed by atoms with E-state index in [0.717, 1.165) is 44.7 Å². The van der Waals surface area contributed by atoms with Gasteiger partial charge in [0, 0.05) is 16.6 Å². The molecule has 2 N–H and O–H groups in total. The fraction of sp³-hybridized carbons (Fsp3) is 0.250. The van der Waals surface area contributed by atoms with Crippen molar-refractivity contribution >= 4 is 22.5 Å². The molecule has 0 aliphatic carbocycles. The van der Waals surface area contributed by atoms with Gasteiger partial charge < -0.3 is 15.0 Å². The zero-order chi connectivity index (χ0) is 17.3. The highest BCUT2D eigenvalue weighted by Crippen LogP contribution is 2.26. The fourth-order valence-corrected chi connectivity index (χ4v) is 2.88. The normalized spacial score (nSPS) is 10.8. The number of aromatic nitrogens is 1. The topological polar surface area (TPSA) is 54.1 Å². The van der Waals surface area contributed by atoms with E-state index in [1.54, 1.807) is 0 Å². The molecule has 0 aliphatic rings. The summed E-state index contributed by atoms with van der Waals surface area (Å²) >= 11 is 0. The molecule has 2 aromatic carbocycles. The van der Waals surface area contributed by atoms with E-state index in [1.807, 2.05) is 58.0 Å². The summed E-state index contributed by atoms with van der Waals surface area (Å²) in [7, 11) is 0. The van der Waals surface area contributed by atoms with Crippen molar-refractivity contribution in [1.29, 1.82) is 0 Å². The summed E-state index contributed by atoms with van der Waals surface area (Å²) in [6.07, 6.45) is 0. The molecule has 0 atom stereocenters. The maximum atomic E-state index is 12.3. The number of aromatic amines is 1. The Labute approximate surface area is 141 Å². The third-order valence-corrected chi connectivity index (χ3v) is 4.29. The average molecular weight is 322 g/mol. The van der Waals surface area contributed by atoms with Gasteiger partial charge in [-0.15, -0.1) is 0 Å². The Bertz CT molecular complexity index is 909. The minimum Gasteiger partial charge on any atom is -0.483 e. The van der Waals surface area contributed by atoms with Gasteiger partial charge in [-0.05, 0) is 62.6 Å². The average Bonchev–Trinajstić information content (AvgIpc) is 2.92. The number of rotatable bonds is 4. The van der Waals surface area contributed by atoms with E-state index in [1.165, 1.54) is 0 Å². The molecule has 0 radical (unpaired) electrons. The van der Waals surface area contributed by atoms with E-state index < -0.39 is 0 Å². The summed E-state index contributed by atoms with van der Waals surface area (Å²) in [6, 6.07) is 11.9. The number of anilines is 1. The van der Waals surface area contributed by atoms with Crippen LogP contribution in [-0.4, -0.2) is 17.5 Å². The Morgan fingerprint density at radius 3 is 2.62 bits per heavy atom. The van der Waals surface area contributed by atoms with Crippen molar-refractivity contribution in [3.05, 3.63) is 58.8 Å². The Morgan fingerprint density at radius 2 is 1.83 bits per heavy atom. The van der Waals surface area contributed by atoms with Crippen LogP contribution in [-0.2, 0) is 4.79 Å². The summed E-state index contributed by atoms with van der Waals surface area (Å²) in [5.41, 5.74) is 6.14. The van der Waals surface area contributed by atoms with Crippen LogP contribution < -0.4 is 10.1 Å². The van der Waals surface area contributed by atoms with Crippen LogP contribution in [0.2, 0.25) is 0 Å². The SMILES string of the molecule is Cc1cc2c(NC(=O)COc3c(C)ccc(C)c3C)cccc2[nH]1. The number of carbonyl (C=O) groups excluding carboxylic acids is 1. The van der Waals surface area contributed by atoms with Crippen LogP contribution in [0.5, 0.6) is 5.75 Å². The second-order valence-electron chi connectivity index (χ2n) is 6.21. The maximum Gasteiger partial charge on any atom is 0.262 e. The Hall–Kier alpha value is -2.75. The Balaban J connectivity index is 1.73. The van der Waals surface area contributed by atoms with Crippen molar-refractivity contribution in [2.75, 3.05) is 11.9 Å². The lowest BCUT2D eigenvalue weighted by Crippen LogP contribution is -2.20. The van der Waals surface area contributed by atoms with Gasteiger partial charge in [0.25, 0.3) is 5.91 Å². The van der Waals surface area contributed by atoms with E-state index in [-0.39, 0.29) is 12.5 Å². The molecule has 124 valence electrons. The first kappa shape index (κ1) is 16.1. The Kier molecular flexibility index (Phi) is 4.30. The van der Waals surface area contributed by atoms with Gasteiger partial charge >= 0.3 is 0 Å². The molecule has 1 aromatic heterocycles. The molecule has 24 heavy (non-hydrogen) atoms. The molecular weight excluding hydrogens is 300 g/mol. The van der Waals surface area contributed by atoms with Gasteiger partial charge in [-0.2, -0.15) is 0 Å². The zero-order valence-corrected chi connectivity index (χ0v) is 14.5. The van der Waals surface area contributed by atoms with Crippen LogP contribution in [0.1, 0.15) is 22.4 Å². The second kappa shape index (κ2) is 6.40. The van der Waals surface area contributed by atoms with Gasteiger partial charge in [-0.1, -0.05) is 18.2 Å². The summed E-state index contributed by atoms with van der Waals surface area (Å²) in [5.74, 6) is 0.627. The van der Waals surface area contributed by atoms with Gasteiger partial charge in [0.15, 0.2) is 6.61 Å². The lowest BCUT2D eigenvalue weighted by molar-refractivity contribution is -0.118. The highest BCUT2D eigenvalue weighted by Gasteiger charge is 2.11. The van der Waals surface area contributed by atoms with Crippen LogP contribution in [0.25, 0.3) is 10.9 Å². The first-order chi connectivity index (χ1) is 11.5. The van der Waals surface area contributed by atoms with Gasteiger partial charge in [-0.25, -0.2) is 0 Å². The molecule has 0 aliphatic heterocycles. The van der Waals surface area contributed by atoms with Gasteiger partial charge in [-0.3, -0.25) is 4.79 Å². The van der Waals surface area contributed by atoms with Crippen molar-refractivity contribution in [2.45, 2.75) is 27.7 Å². The first-order valence-electron chi connectivity index (χ1n) is 8.03. The van der Waals surface area contributed by atoms with Gasteiger partial charge in [0.2, 0.25) is 0 Å². The number of nitrogens with one attached hydrogen (secondary N) is 2. The largest absolute Gasteiger partial charge is 0.483 e. The predicted octanol–water partition coefficient (Wildman–Crippen LogP) is 4.42. The number of carbonyl (C=O) groups is 1. The van der Waals surface area contributed by atoms with Gasteiger partial charge in [0.05, 0.1) is 5.69 Å². The third-order valence-electron chi connectivity index (χ3n) is 4.29. The van der Waals surface area contributed by atoms with Crippen molar-refractivity contribution in [2.24, 2.45) is 0 Å². The molecule has 0 unspecified atom stereocenters. The number of fused-ring (bicyclic) bond motifs is 1. The van der Waals surface area contributed by atoms with Crippen LogP contribution >= 0.6 is 0 Å². The quantitative estimate of drug-likeness (QED) is 0.747. The molecule has 0 saturated carbocycles. The lowest BCUT2D eigenvalue weighted by Gasteiger charge is -2.14. The minimum atomic E-state index is -0.165. The van der Waals surface area contributed by atoms with E-state index in [2.05, 4.69) is 16.4 Å². The van der Waals surface area contributed by atoms with Crippen LogP contribution in [0, 0.1) is 27.7 Å². The highest BCUT2D eigenvalue weighted by atomic mass is 16.5. The number of hydrogen-bond acceptors (Lipinski definition) is 2. The number of hydrogen-bond donors (Lipinski definition) is 2. The van der Waals surface area contributed by atoms with Crippen LogP contribution in [0.4, 0.5) is 5.69 Å². The lowest BCUT2D eigenvalue weighted by atomic mass is 10.1. The van der Waals surface area contributed by atoms with Crippen LogP contribution in [0.15, 0.2) is 36.4 Å². The molecule has 1 heterocycles. The molecule has 4 heteroatoms. The monoisotopic (exact) mass is 322 g/mol. The smallest absolute Gasteiger partial charge is 0.262 e. The maximum absolute atomic E-state index is 12.3. The molecule has 0 spiro atoms. The van der Waals surface area contributed by atoms with E-state index in [0.29, 0.717) is 0 Å². The second-order valence-corrected chi connectivity index (χ2v) is 6.21. The Morgan fingerprint density at radius 1 is 1.08 bits per heavy atom. The molecular formula is C20H22N2O2. The molecule has 0 saturated heterocycles. The molecule has 1 amide bonds. The van der Waals surface area contributed by atoms with E-state index >= 15 is 0 Å². The predicted molar refractivity (Wildman–Crippen MR) is 97.8 cm³/mol. The van der Waals surface area contributed by atoms with E-state index in [9.17, 15) is 4.79 Å². The number of H-pyrrole nitrogens is 1. The minimum absolute atomic E-state index is 0.00900. The summed E-state index contributed by atoms with van der Waals surface area (Å²) in [6.45, 7) is 8.03. The molecule has 0 fully saturated rings. The fourth-order valence-electron chi connectivity index (χ4n) is 2.88. The van der Waals surface area contributed by atoms with E-state index in [4.69, 9.17) is 4.74 Å². The van der Waals surface area contributed by atoms with Crippen molar-refractivity contribution in [3.8, 4) is 5.75 Å². The first-order valence-corrected chi connectivity index (χ1v) is 8.03. The number of aryl methyl sites for hydroxylation is 3. The van der Waals surface area contributed by atoms with Crippen molar-refractivity contribution in [1.82, 2.24) is 4.98 Å². The summed E-state index contributed by atoms with van der Waals surface area (Å²) in [5, 5.41) is 3.94. The summed E-state index contributed by atoms with van der Waals surface area (Å²) < 4.78 is 5.78. The molecule has 3 aromatic rings. The highest BCUT2D eigenvalue weighted by molar-refractivity contribution is 6.02. The third kappa shape index (κ3) is 3.13. The van der Waals surface area contributed by atoms with Crippen molar-refractivity contribution in [3.63, 3.8) is 0 Å². The van der Waals surface area contributed by atoms with Crippen molar-refractivity contribution < 1.29 is 9.53 Å². The standard InChI is InChI=1S/C20H22N2O2/c1-12-8-9-13(2)20(15(12)4)24-11-19(23)22-18-7-5-6-17-16(18)10-14(3)21-17/h5-10,21H,11H2,1-4H3,(H,22,23). The number of benzene rings is 2. The zero-order valence-electron chi connectivity index (χ0n) is 14.5. The number of amides is 1. The molecule has 4 nitrogen and oxygen atoms in total. The van der Waals surface area contributed by atoms with Crippen LogP contribution in [0.3, 0.4) is 0 Å². The molecule has 3 rings (SSSR count). The summed E-state index contributed by atoms with van der Waals surface area (Å²) in [4.78, 5) is 15.6.